The monoisotopic (exact) mass is 481 g/mol. The number of carbonyl (C=O) groups is 1. The maximum atomic E-state index is 13.1. The number of anilines is 1. The number of para-hydroxylation sites is 2. The number of hydrogen-bond donors (Lipinski definition) is 2. The van der Waals surface area contributed by atoms with Gasteiger partial charge in [0.2, 0.25) is 5.91 Å². The molecule has 1 saturated heterocycles. The van der Waals surface area contributed by atoms with Crippen molar-refractivity contribution in [2.45, 2.75) is 25.9 Å². The van der Waals surface area contributed by atoms with E-state index in [0.717, 1.165) is 34.0 Å². The van der Waals surface area contributed by atoms with Crippen LogP contribution in [-0.4, -0.2) is 32.0 Å². The number of pyridine rings is 1. The number of nitrogens with one attached hydrogen (secondary N) is 2. The van der Waals surface area contributed by atoms with Gasteiger partial charge in [-0.1, -0.05) is 42.5 Å². The summed E-state index contributed by atoms with van der Waals surface area (Å²) in [5.74, 6) is -0.121. The van der Waals surface area contributed by atoms with Crippen molar-refractivity contribution in [2.24, 2.45) is 0 Å². The number of thiocarbonyl (C=S) groups is 1. The minimum atomic E-state index is -0.192. The number of nitrogens with zero attached hydrogens (tertiary/aromatic N) is 3. The fraction of sp³-hybridized carbons (Fsp3) is 0.179. The van der Waals surface area contributed by atoms with Crippen molar-refractivity contribution in [1.82, 2.24) is 19.8 Å². The van der Waals surface area contributed by atoms with Crippen molar-refractivity contribution in [2.75, 3.05) is 11.9 Å². The topological polar surface area (TPSA) is 62.2 Å². The summed E-state index contributed by atoms with van der Waals surface area (Å²) in [5, 5.41) is 6.96. The second kappa shape index (κ2) is 9.72. The molecule has 6 nitrogen and oxygen atoms in total. The molecule has 4 aromatic rings. The van der Waals surface area contributed by atoms with Gasteiger partial charge in [0.25, 0.3) is 0 Å². The van der Waals surface area contributed by atoms with Crippen LogP contribution in [0.1, 0.15) is 34.7 Å². The molecular formula is C28H27N5OS. The Hall–Kier alpha value is -3.97. The summed E-state index contributed by atoms with van der Waals surface area (Å²) in [5.41, 5.74) is 6.09. The van der Waals surface area contributed by atoms with Gasteiger partial charge in [0.15, 0.2) is 5.11 Å². The number of aromatic nitrogens is 2. The average Bonchev–Trinajstić information content (AvgIpc) is 3.35. The highest BCUT2D eigenvalue weighted by molar-refractivity contribution is 7.80. The lowest BCUT2D eigenvalue weighted by Gasteiger charge is -2.27. The molecule has 0 unspecified atom stereocenters. The van der Waals surface area contributed by atoms with Crippen LogP contribution in [0.25, 0.3) is 5.69 Å². The smallest absolute Gasteiger partial charge is 0.244 e. The van der Waals surface area contributed by atoms with Crippen LogP contribution in [0.4, 0.5) is 5.69 Å². The molecule has 2 atom stereocenters. The van der Waals surface area contributed by atoms with Crippen LogP contribution in [0, 0.1) is 13.8 Å². The van der Waals surface area contributed by atoms with Gasteiger partial charge in [-0.3, -0.25) is 9.78 Å². The van der Waals surface area contributed by atoms with E-state index in [0.29, 0.717) is 5.11 Å². The van der Waals surface area contributed by atoms with Crippen LogP contribution < -0.4 is 10.6 Å². The Balaban J connectivity index is 1.53. The van der Waals surface area contributed by atoms with E-state index in [4.69, 9.17) is 12.2 Å². The third-order valence-corrected chi connectivity index (χ3v) is 6.72. The first-order chi connectivity index (χ1) is 17.0. The van der Waals surface area contributed by atoms with Gasteiger partial charge in [-0.05, 0) is 74.1 Å². The molecule has 1 amide bonds. The third kappa shape index (κ3) is 4.55. The fourth-order valence-corrected chi connectivity index (χ4v) is 5.16. The highest BCUT2D eigenvalue weighted by Crippen LogP contribution is 2.41. The Morgan fingerprint density at radius 3 is 2.37 bits per heavy atom. The number of hydrogen-bond acceptors (Lipinski definition) is 3. The molecule has 176 valence electrons. The van der Waals surface area contributed by atoms with Gasteiger partial charge in [0.05, 0.1) is 17.8 Å². The highest BCUT2D eigenvalue weighted by atomic mass is 32.1. The summed E-state index contributed by atoms with van der Waals surface area (Å²) < 4.78 is 2.24. The molecule has 1 aliphatic rings. The van der Waals surface area contributed by atoms with Gasteiger partial charge < -0.3 is 20.1 Å². The van der Waals surface area contributed by atoms with Crippen molar-refractivity contribution in [1.29, 1.82) is 0 Å². The fourth-order valence-electron chi connectivity index (χ4n) is 4.85. The zero-order chi connectivity index (χ0) is 24.4. The number of aryl methyl sites for hydroxylation is 1. The van der Waals surface area contributed by atoms with Gasteiger partial charge in [-0.2, -0.15) is 0 Å². The summed E-state index contributed by atoms with van der Waals surface area (Å²) in [6.45, 7) is 4.35. The summed E-state index contributed by atoms with van der Waals surface area (Å²) >= 11 is 5.75. The summed E-state index contributed by atoms with van der Waals surface area (Å²) in [4.78, 5) is 19.6. The number of benzene rings is 2. The molecule has 0 spiro atoms. The van der Waals surface area contributed by atoms with E-state index in [1.807, 2.05) is 71.6 Å². The van der Waals surface area contributed by atoms with Crippen LogP contribution in [0.15, 0.2) is 91.1 Å². The Bertz CT molecular complexity index is 1340. The van der Waals surface area contributed by atoms with E-state index in [1.165, 1.54) is 0 Å². The summed E-state index contributed by atoms with van der Waals surface area (Å²) in [6.07, 6.45) is 1.79. The molecule has 0 saturated carbocycles. The van der Waals surface area contributed by atoms with Crippen LogP contribution in [-0.2, 0) is 4.79 Å². The van der Waals surface area contributed by atoms with Crippen molar-refractivity contribution in [3.8, 4) is 5.69 Å². The van der Waals surface area contributed by atoms with Gasteiger partial charge >= 0.3 is 0 Å². The zero-order valence-electron chi connectivity index (χ0n) is 19.7. The van der Waals surface area contributed by atoms with E-state index in [1.54, 1.807) is 6.20 Å². The Morgan fingerprint density at radius 2 is 1.69 bits per heavy atom. The average molecular weight is 482 g/mol. The van der Waals surface area contributed by atoms with E-state index >= 15 is 0 Å². The molecule has 7 heteroatoms. The van der Waals surface area contributed by atoms with Crippen LogP contribution in [0.2, 0.25) is 0 Å². The first-order valence-corrected chi connectivity index (χ1v) is 12.0. The molecule has 0 aliphatic carbocycles. The molecule has 2 aromatic carbocycles. The van der Waals surface area contributed by atoms with Crippen LogP contribution >= 0.6 is 12.2 Å². The molecule has 0 bridgehead atoms. The van der Waals surface area contributed by atoms with Crippen molar-refractivity contribution in [3.05, 3.63) is 114 Å². The third-order valence-electron chi connectivity index (χ3n) is 6.37. The van der Waals surface area contributed by atoms with Crippen LogP contribution in [0.5, 0.6) is 0 Å². The molecule has 35 heavy (non-hydrogen) atoms. The molecule has 2 N–H and O–H groups in total. The number of carbonyl (C=O) groups excluding carboxylic acids is 1. The van der Waals surface area contributed by atoms with Crippen molar-refractivity contribution in [3.63, 3.8) is 0 Å². The van der Waals surface area contributed by atoms with E-state index in [-0.39, 0.29) is 24.5 Å². The van der Waals surface area contributed by atoms with E-state index in [9.17, 15) is 4.79 Å². The summed E-state index contributed by atoms with van der Waals surface area (Å²) in [7, 11) is 0. The molecule has 5 rings (SSSR count). The van der Waals surface area contributed by atoms with Gasteiger partial charge in [-0.15, -0.1) is 0 Å². The second-order valence-electron chi connectivity index (χ2n) is 8.67. The lowest BCUT2D eigenvalue weighted by molar-refractivity contribution is -0.116. The van der Waals surface area contributed by atoms with E-state index in [2.05, 4.69) is 52.2 Å². The second-order valence-corrected chi connectivity index (χ2v) is 9.05. The summed E-state index contributed by atoms with van der Waals surface area (Å²) in [6, 6.07) is 27.5. The SMILES string of the molecule is Cc1cc([C@H]2[C@@H](c3ccccn3)NC(=S)N2CC(=O)Nc2ccccc2)c(C)n1-c1ccccc1. The van der Waals surface area contributed by atoms with Crippen LogP contribution in [0.3, 0.4) is 0 Å². The van der Waals surface area contributed by atoms with Gasteiger partial charge in [0, 0.05) is 29.0 Å². The quantitative estimate of drug-likeness (QED) is 0.375. The lowest BCUT2D eigenvalue weighted by atomic mass is 9.96. The molecule has 2 aromatic heterocycles. The standard InChI is InChI=1S/C28H27N5OS/c1-19-17-23(20(2)33(19)22-13-7-4-8-14-22)27-26(24-15-9-10-16-29-24)31-28(35)32(27)18-25(34)30-21-11-5-3-6-12-21/h3-17,26-27H,18H2,1-2H3,(H,30,34)(H,31,35)/t26-,27+/m1/s1. The maximum absolute atomic E-state index is 13.1. The lowest BCUT2D eigenvalue weighted by Crippen LogP contribution is -2.37. The first kappa shape index (κ1) is 22.8. The predicted molar refractivity (Wildman–Crippen MR) is 142 cm³/mol. The molecule has 1 fully saturated rings. The minimum absolute atomic E-state index is 0.121. The van der Waals surface area contributed by atoms with Gasteiger partial charge in [0.1, 0.15) is 6.54 Å². The number of amides is 1. The molecule has 0 radical (unpaired) electrons. The maximum Gasteiger partial charge on any atom is 0.244 e. The van der Waals surface area contributed by atoms with Gasteiger partial charge in [-0.25, -0.2) is 0 Å². The highest BCUT2D eigenvalue weighted by Gasteiger charge is 2.42. The molecule has 1 aliphatic heterocycles. The normalized spacial score (nSPS) is 17.3. The Labute approximate surface area is 210 Å². The number of rotatable bonds is 6. The minimum Gasteiger partial charge on any atom is -0.352 e. The predicted octanol–water partition coefficient (Wildman–Crippen LogP) is 5.10. The van der Waals surface area contributed by atoms with Crippen molar-refractivity contribution < 1.29 is 4.79 Å². The first-order valence-electron chi connectivity index (χ1n) is 11.6. The Kier molecular flexibility index (Phi) is 6.33. The molecular weight excluding hydrogens is 454 g/mol. The largest absolute Gasteiger partial charge is 0.352 e. The van der Waals surface area contributed by atoms with Crippen molar-refractivity contribution >= 4 is 28.9 Å². The zero-order valence-corrected chi connectivity index (χ0v) is 20.5. The molecule has 3 heterocycles. The Morgan fingerprint density at radius 1 is 1.00 bits per heavy atom. The van der Waals surface area contributed by atoms with E-state index < -0.39 is 0 Å².